The Morgan fingerprint density at radius 3 is 1.32 bits per heavy atom. The first kappa shape index (κ1) is 26.4. The molecule has 0 aromatic heterocycles. The molecule has 0 saturated heterocycles. The minimum atomic E-state index is 1.16. The van der Waals surface area contributed by atoms with Crippen LogP contribution >= 0.6 is 55.8 Å². The van der Waals surface area contributed by atoms with Crippen LogP contribution in [0, 0.1) is 0 Å². The van der Waals surface area contributed by atoms with Crippen LogP contribution in [0.5, 0.6) is 0 Å². The van der Waals surface area contributed by atoms with Gasteiger partial charge >= 0.3 is 0 Å². The van der Waals surface area contributed by atoms with Crippen molar-refractivity contribution in [3.63, 3.8) is 0 Å². The Hall–Kier alpha value is 1.40. The van der Waals surface area contributed by atoms with E-state index in [4.69, 9.17) is 12.2 Å². The van der Waals surface area contributed by atoms with E-state index < -0.39 is 0 Å². The lowest BCUT2D eigenvalue weighted by Crippen LogP contribution is -1.92. The second-order valence-corrected chi connectivity index (χ2v) is 10.5. The average molecular weight is 516 g/mol. The normalized spacial score (nSPS) is 11.1. The van der Waals surface area contributed by atoms with Crippen LogP contribution in [0.2, 0.25) is 0 Å². The maximum atomic E-state index is 5.52. The third-order valence-electron chi connectivity index (χ3n) is 4.56. The Bertz CT molecular complexity index is 273. The molecule has 0 radical (unpaired) electrons. The van der Waals surface area contributed by atoms with Crippen molar-refractivity contribution in [1.29, 1.82) is 0 Å². The lowest BCUT2D eigenvalue weighted by molar-refractivity contribution is 0.582. The molecule has 0 bridgehead atoms. The molecule has 0 atom stereocenters. The summed E-state index contributed by atoms with van der Waals surface area (Å²) < 4.78 is 1.26. The number of halogens is 2. The maximum absolute atomic E-state index is 5.52. The van der Waals surface area contributed by atoms with E-state index in [2.05, 4.69) is 31.9 Å². The molecular formula is C21H40Br2S2. The van der Waals surface area contributed by atoms with E-state index in [-0.39, 0.29) is 0 Å². The highest BCUT2D eigenvalue weighted by Gasteiger charge is 1.99. The van der Waals surface area contributed by atoms with E-state index in [0.29, 0.717) is 0 Å². The summed E-state index contributed by atoms with van der Waals surface area (Å²) in [7, 11) is 0. The molecule has 0 N–H and O–H groups in total. The van der Waals surface area contributed by atoms with E-state index in [1.54, 1.807) is 0 Å². The molecule has 4 heteroatoms. The minimum absolute atomic E-state index is 1.16. The molecule has 0 nitrogen and oxygen atoms in total. The first-order valence-electron chi connectivity index (χ1n) is 10.6. The predicted octanol–water partition coefficient (Wildman–Crippen LogP) is 9.47. The second kappa shape index (κ2) is 23.4. The molecule has 150 valence electrons. The second-order valence-electron chi connectivity index (χ2n) is 7.01. The zero-order valence-corrected chi connectivity index (χ0v) is 21.0. The van der Waals surface area contributed by atoms with Gasteiger partial charge in [0, 0.05) is 14.9 Å². The van der Waals surface area contributed by atoms with Crippen molar-refractivity contribution >= 4 is 60.0 Å². The van der Waals surface area contributed by atoms with Gasteiger partial charge in [-0.25, -0.2) is 0 Å². The van der Waals surface area contributed by atoms with Gasteiger partial charge < -0.3 is 0 Å². The highest BCUT2D eigenvalue weighted by molar-refractivity contribution is 9.09. The van der Waals surface area contributed by atoms with Crippen molar-refractivity contribution in [2.45, 2.75) is 109 Å². The zero-order chi connectivity index (χ0) is 18.4. The highest BCUT2D eigenvalue weighted by Crippen LogP contribution is 2.17. The predicted molar refractivity (Wildman–Crippen MR) is 131 cm³/mol. The standard InChI is InChI=1S/C21H40Br2S2/c22-18-14-10-6-2-1-5-9-13-17-21(24)25-20-16-12-8-4-3-7-11-15-19-23/h1-20H2. The lowest BCUT2D eigenvalue weighted by Gasteiger charge is -2.05. The molecule has 0 fully saturated rings. The van der Waals surface area contributed by atoms with Gasteiger partial charge in [0.25, 0.3) is 0 Å². The van der Waals surface area contributed by atoms with Crippen LogP contribution in [0.4, 0.5) is 0 Å². The molecular weight excluding hydrogens is 476 g/mol. The minimum Gasteiger partial charge on any atom is -0.119 e. The molecule has 0 aromatic carbocycles. The molecule has 0 spiro atoms. The van der Waals surface area contributed by atoms with Gasteiger partial charge in [-0.1, -0.05) is 121 Å². The monoisotopic (exact) mass is 514 g/mol. The van der Waals surface area contributed by atoms with Gasteiger partial charge in [0.05, 0.1) is 0 Å². The van der Waals surface area contributed by atoms with Gasteiger partial charge in [0.1, 0.15) is 0 Å². The smallest absolute Gasteiger partial charge is 0.0478 e. The number of unbranched alkanes of at least 4 members (excludes halogenated alkanes) is 14. The van der Waals surface area contributed by atoms with Crippen LogP contribution in [-0.4, -0.2) is 20.6 Å². The van der Waals surface area contributed by atoms with Crippen LogP contribution < -0.4 is 0 Å². The third-order valence-corrected chi connectivity index (χ3v) is 7.25. The number of rotatable bonds is 20. The van der Waals surface area contributed by atoms with Gasteiger partial charge in [-0.3, -0.25) is 0 Å². The zero-order valence-electron chi connectivity index (χ0n) is 16.2. The van der Waals surface area contributed by atoms with Gasteiger partial charge in [-0.05, 0) is 37.9 Å². The summed E-state index contributed by atoms with van der Waals surface area (Å²) in [5.74, 6) is 1.25. The molecule has 0 aliphatic heterocycles. The molecule has 0 rings (SSSR count). The maximum Gasteiger partial charge on any atom is 0.0478 e. The van der Waals surface area contributed by atoms with Gasteiger partial charge in [-0.2, -0.15) is 0 Å². The number of hydrogen-bond acceptors (Lipinski definition) is 2. The fraction of sp³-hybridized carbons (Fsp3) is 0.952. The summed E-state index contributed by atoms with van der Waals surface area (Å²) in [5.41, 5.74) is 0. The van der Waals surface area contributed by atoms with E-state index >= 15 is 0 Å². The van der Waals surface area contributed by atoms with Crippen molar-refractivity contribution in [2.75, 3.05) is 16.4 Å². The van der Waals surface area contributed by atoms with E-state index in [9.17, 15) is 0 Å². The van der Waals surface area contributed by atoms with Crippen molar-refractivity contribution in [1.82, 2.24) is 0 Å². The molecule has 0 saturated carbocycles. The van der Waals surface area contributed by atoms with Crippen molar-refractivity contribution < 1.29 is 0 Å². The number of alkyl halides is 2. The lowest BCUT2D eigenvalue weighted by atomic mass is 10.1. The van der Waals surface area contributed by atoms with Crippen molar-refractivity contribution in [3.05, 3.63) is 0 Å². The molecule has 0 unspecified atom stereocenters. The van der Waals surface area contributed by atoms with Crippen LogP contribution in [0.15, 0.2) is 0 Å². The first-order valence-corrected chi connectivity index (χ1v) is 14.2. The number of thiocarbonyl (C=S) groups is 1. The Balaban J connectivity index is 3.13. The van der Waals surface area contributed by atoms with E-state index in [0.717, 1.165) is 6.42 Å². The quantitative estimate of drug-likeness (QED) is 0.0898. The van der Waals surface area contributed by atoms with Crippen molar-refractivity contribution in [2.24, 2.45) is 0 Å². The third kappa shape index (κ3) is 23.4. The molecule has 0 aliphatic carbocycles. The van der Waals surface area contributed by atoms with E-state index in [1.165, 1.54) is 123 Å². The summed E-state index contributed by atoms with van der Waals surface area (Å²) >= 11 is 14.5. The Labute approximate surface area is 184 Å². The molecule has 0 amide bonds. The van der Waals surface area contributed by atoms with Crippen LogP contribution in [0.25, 0.3) is 0 Å². The van der Waals surface area contributed by atoms with Crippen molar-refractivity contribution in [3.8, 4) is 0 Å². The summed E-state index contributed by atoms with van der Waals surface area (Å²) in [6, 6.07) is 0. The first-order chi connectivity index (χ1) is 12.3. The topological polar surface area (TPSA) is 0 Å². The highest BCUT2D eigenvalue weighted by atomic mass is 79.9. The Kier molecular flexibility index (Phi) is 24.8. The van der Waals surface area contributed by atoms with Crippen LogP contribution in [-0.2, 0) is 0 Å². The van der Waals surface area contributed by atoms with Gasteiger partial charge in [0.15, 0.2) is 0 Å². The summed E-state index contributed by atoms with van der Waals surface area (Å²) in [5, 5.41) is 2.33. The fourth-order valence-electron chi connectivity index (χ4n) is 2.94. The Morgan fingerprint density at radius 1 is 0.520 bits per heavy atom. The largest absolute Gasteiger partial charge is 0.119 e. The molecule has 0 heterocycles. The molecule has 25 heavy (non-hydrogen) atoms. The summed E-state index contributed by atoms with van der Waals surface area (Å²) in [4.78, 5) is 0. The molecule has 0 aliphatic rings. The van der Waals surface area contributed by atoms with Gasteiger partial charge in [0.2, 0.25) is 0 Å². The summed E-state index contributed by atoms with van der Waals surface area (Å²) in [6.07, 6.45) is 23.4. The number of hydrogen-bond donors (Lipinski definition) is 0. The molecule has 0 aromatic rings. The fourth-order valence-corrected chi connectivity index (χ4v) is 4.99. The summed E-state index contributed by atoms with van der Waals surface area (Å²) in [6.45, 7) is 0. The van der Waals surface area contributed by atoms with Gasteiger partial charge in [-0.15, -0.1) is 11.8 Å². The van der Waals surface area contributed by atoms with E-state index in [1.807, 2.05) is 11.8 Å². The SMILES string of the molecule is S=C(CCCCCCCCCCBr)SCCCCCCCCCCBr. The van der Waals surface area contributed by atoms with Crippen LogP contribution in [0.3, 0.4) is 0 Å². The number of thioether (sulfide) groups is 1. The Morgan fingerprint density at radius 2 is 0.880 bits per heavy atom. The average Bonchev–Trinajstić information content (AvgIpc) is 2.62. The van der Waals surface area contributed by atoms with Crippen LogP contribution in [0.1, 0.15) is 109 Å².